The number of ether oxygens (including phenoxy) is 1. The van der Waals surface area contributed by atoms with Gasteiger partial charge < -0.3 is 9.84 Å². The summed E-state index contributed by atoms with van der Waals surface area (Å²) in [6.45, 7) is 0.435. The molecule has 0 saturated carbocycles. The molecule has 1 N–H and O–H groups in total. The predicted octanol–water partition coefficient (Wildman–Crippen LogP) is 3.51. The number of aromatic carboxylic acids is 1. The molecule has 3 rings (SSSR count). The van der Waals surface area contributed by atoms with Crippen LogP contribution in [-0.2, 0) is 6.61 Å². The highest BCUT2D eigenvalue weighted by molar-refractivity contribution is 5.94. The maximum atomic E-state index is 11.0. The number of pyridine rings is 1. The first kappa shape index (κ1) is 13.1. The molecule has 21 heavy (non-hydrogen) atoms. The standard InChI is InChI=1S/C17H13NO3/c19-17(20)15-9-14-13(10-18-15)7-4-8-16(14)21-11-12-5-2-1-3-6-12/h1-10H,11H2,(H,19,20). The van der Waals surface area contributed by atoms with Crippen LogP contribution < -0.4 is 4.74 Å². The summed E-state index contributed by atoms with van der Waals surface area (Å²) in [7, 11) is 0. The Morgan fingerprint density at radius 2 is 1.90 bits per heavy atom. The molecule has 4 heteroatoms. The van der Waals surface area contributed by atoms with Crippen LogP contribution in [0.2, 0.25) is 0 Å². The molecule has 0 saturated heterocycles. The molecule has 1 heterocycles. The van der Waals surface area contributed by atoms with E-state index in [4.69, 9.17) is 9.84 Å². The van der Waals surface area contributed by atoms with Crippen molar-refractivity contribution in [2.75, 3.05) is 0 Å². The first-order valence-electron chi connectivity index (χ1n) is 6.53. The summed E-state index contributed by atoms with van der Waals surface area (Å²) in [6, 6.07) is 16.9. The summed E-state index contributed by atoms with van der Waals surface area (Å²) >= 11 is 0. The van der Waals surface area contributed by atoms with E-state index in [1.807, 2.05) is 48.5 Å². The summed E-state index contributed by atoms with van der Waals surface area (Å²) in [5.74, 6) is -0.393. The van der Waals surface area contributed by atoms with E-state index in [2.05, 4.69) is 4.98 Å². The van der Waals surface area contributed by atoms with Gasteiger partial charge in [-0.05, 0) is 17.7 Å². The van der Waals surface area contributed by atoms with Crippen molar-refractivity contribution >= 4 is 16.7 Å². The van der Waals surface area contributed by atoms with Gasteiger partial charge in [0, 0.05) is 17.0 Å². The summed E-state index contributed by atoms with van der Waals surface area (Å²) in [5, 5.41) is 10.6. The average molecular weight is 279 g/mol. The third-order valence-electron chi connectivity index (χ3n) is 3.18. The lowest BCUT2D eigenvalue weighted by Gasteiger charge is -2.09. The molecule has 0 aliphatic rings. The van der Waals surface area contributed by atoms with Gasteiger partial charge >= 0.3 is 5.97 Å². The van der Waals surface area contributed by atoms with Crippen LogP contribution in [0.4, 0.5) is 0 Å². The van der Waals surface area contributed by atoms with Gasteiger partial charge in [-0.1, -0.05) is 42.5 Å². The molecule has 0 aliphatic carbocycles. The maximum absolute atomic E-state index is 11.0. The van der Waals surface area contributed by atoms with Crippen LogP contribution in [0.1, 0.15) is 16.1 Å². The van der Waals surface area contributed by atoms with Crippen LogP contribution in [0.25, 0.3) is 10.8 Å². The Bertz CT molecular complexity index is 784. The molecule has 0 bridgehead atoms. The second-order valence-corrected chi connectivity index (χ2v) is 4.63. The quantitative estimate of drug-likeness (QED) is 0.794. The Labute approximate surface area is 121 Å². The van der Waals surface area contributed by atoms with Gasteiger partial charge in [0.05, 0.1) is 0 Å². The molecule has 0 atom stereocenters. The van der Waals surface area contributed by atoms with Gasteiger partial charge in [-0.25, -0.2) is 9.78 Å². The van der Waals surface area contributed by atoms with Crippen molar-refractivity contribution in [3.8, 4) is 5.75 Å². The number of hydrogen-bond donors (Lipinski definition) is 1. The van der Waals surface area contributed by atoms with Crippen LogP contribution in [0.5, 0.6) is 5.75 Å². The number of carboxylic acids is 1. The van der Waals surface area contributed by atoms with Crippen molar-refractivity contribution in [3.05, 3.63) is 72.1 Å². The fourth-order valence-electron chi connectivity index (χ4n) is 2.12. The molecule has 4 nitrogen and oxygen atoms in total. The fraction of sp³-hybridized carbons (Fsp3) is 0.0588. The highest BCUT2D eigenvalue weighted by Gasteiger charge is 2.09. The summed E-state index contributed by atoms with van der Waals surface area (Å²) in [5.41, 5.74) is 1.07. The number of carboxylic acid groups (broad SMARTS) is 1. The number of fused-ring (bicyclic) bond motifs is 1. The van der Waals surface area contributed by atoms with E-state index in [1.54, 1.807) is 6.20 Å². The zero-order valence-electron chi connectivity index (χ0n) is 11.2. The number of aromatic nitrogens is 1. The molecule has 3 aromatic rings. The molecule has 104 valence electrons. The Kier molecular flexibility index (Phi) is 3.51. The second-order valence-electron chi connectivity index (χ2n) is 4.63. The van der Waals surface area contributed by atoms with Gasteiger partial charge in [-0.15, -0.1) is 0 Å². The summed E-state index contributed by atoms with van der Waals surface area (Å²) in [4.78, 5) is 14.9. The molecule has 2 aromatic carbocycles. The van der Waals surface area contributed by atoms with Gasteiger partial charge in [-0.3, -0.25) is 0 Å². The van der Waals surface area contributed by atoms with Crippen LogP contribution in [0.15, 0.2) is 60.8 Å². The monoisotopic (exact) mass is 279 g/mol. The summed E-state index contributed by atoms with van der Waals surface area (Å²) < 4.78 is 5.82. The van der Waals surface area contributed by atoms with Gasteiger partial charge in [0.15, 0.2) is 0 Å². The molecule has 0 spiro atoms. The average Bonchev–Trinajstić information content (AvgIpc) is 2.53. The highest BCUT2D eigenvalue weighted by Crippen LogP contribution is 2.26. The van der Waals surface area contributed by atoms with E-state index in [0.29, 0.717) is 12.4 Å². The highest BCUT2D eigenvalue weighted by atomic mass is 16.5. The lowest BCUT2D eigenvalue weighted by atomic mass is 10.1. The van der Waals surface area contributed by atoms with Gasteiger partial charge in [0.2, 0.25) is 0 Å². The minimum Gasteiger partial charge on any atom is -0.488 e. The van der Waals surface area contributed by atoms with Gasteiger partial charge in [0.25, 0.3) is 0 Å². The van der Waals surface area contributed by atoms with Crippen LogP contribution in [-0.4, -0.2) is 16.1 Å². The van der Waals surface area contributed by atoms with Crippen molar-refractivity contribution in [3.63, 3.8) is 0 Å². The Hall–Kier alpha value is -2.88. The van der Waals surface area contributed by atoms with Crippen molar-refractivity contribution in [1.29, 1.82) is 0 Å². The second kappa shape index (κ2) is 5.63. The van der Waals surface area contributed by atoms with Gasteiger partial charge in [0.1, 0.15) is 18.1 Å². The van der Waals surface area contributed by atoms with E-state index in [1.165, 1.54) is 6.07 Å². The molecule has 0 unspecified atom stereocenters. The molecule has 0 radical (unpaired) electrons. The molecular weight excluding hydrogens is 266 g/mol. The lowest BCUT2D eigenvalue weighted by molar-refractivity contribution is 0.0690. The first-order chi connectivity index (χ1) is 10.2. The van der Waals surface area contributed by atoms with Crippen LogP contribution in [0, 0.1) is 0 Å². The number of hydrogen-bond acceptors (Lipinski definition) is 3. The Morgan fingerprint density at radius 3 is 2.67 bits per heavy atom. The predicted molar refractivity (Wildman–Crippen MR) is 79.5 cm³/mol. The van der Waals surface area contributed by atoms with Crippen LogP contribution >= 0.6 is 0 Å². The van der Waals surface area contributed by atoms with E-state index in [9.17, 15) is 4.79 Å². The van der Waals surface area contributed by atoms with E-state index >= 15 is 0 Å². The smallest absolute Gasteiger partial charge is 0.354 e. The van der Waals surface area contributed by atoms with E-state index in [0.717, 1.165) is 16.3 Å². The molecular formula is C17H13NO3. The third kappa shape index (κ3) is 2.84. The SMILES string of the molecule is O=C(O)c1cc2c(OCc3ccccc3)cccc2cn1. The van der Waals surface area contributed by atoms with Crippen molar-refractivity contribution < 1.29 is 14.6 Å². The molecule has 0 fully saturated rings. The minimum absolute atomic E-state index is 0.0123. The van der Waals surface area contributed by atoms with Crippen molar-refractivity contribution in [2.45, 2.75) is 6.61 Å². The minimum atomic E-state index is -1.05. The van der Waals surface area contributed by atoms with E-state index in [-0.39, 0.29) is 5.69 Å². The van der Waals surface area contributed by atoms with Crippen molar-refractivity contribution in [2.24, 2.45) is 0 Å². The maximum Gasteiger partial charge on any atom is 0.354 e. The Balaban J connectivity index is 1.94. The number of rotatable bonds is 4. The van der Waals surface area contributed by atoms with Gasteiger partial charge in [-0.2, -0.15) is 0 Å². The normalized spacial score (nSPS) is 10.5. The molecule has 0 aliphatic heterocycles. The number of nitrogens with zero attached hydrogens (tertiary/aromatic N) is 1. The number of carbonyl (C=O) groups is 1. The summed E-state index contributed by atoms with van der Waals surface area (Å²) in [6.07, 6.45) is 1.55. The molecule has 0 amide bonds. The third-order valence-corrected chi connectivity index (χ3v) is 3.18. The van der Waals surface area contributed by atoms with Crippen molar-refractivity contribution in [1.82, 2.24) is 4.98 Å². The van der Waals surface area contributed by atoms with E-state index < -0.39 is 5.97 Å². The topological polar surface area (TPSA) is 59.4 Å². The zero-order chi connectivity index (χ0) is 14.7. The largest absolute Gasteiger partial charge is 0.488 e. The fourth-order valence-corrected chi connectivity index (χ4v) is 2.12. The lowest BCUT2D eigenvalue weighted by Crippen LogP contribution is -2.00. The Morgan fingerprint density at radius 1 is 1.10 bits per heavy atom. The number of benzene rings is 2. The first-order valence-corrected chi connectivity index (χ1v) is 6.53. The molecule has 1 aromatic heterocycles. The zero-order valence-corrected chi connectivity index (χ0v) is 11.2. The van der Waals surface area contributed by atoms with Crippen LogP contribution in [0.3, 0.4) is 0 Å².